The largest absolute Gasteiger partial charge is 0.270 e. The van der Waals surface area contributed by atoms with Gasteiger partial charge in [0.2, 0.25) is 0 Å². The predicted molar refractivity (Wildman–Crippen MR) is 73.3 cm³/mol. The van der Waals surface area contributed by atoms with E-state index < -0.39 is 0 Å². The molecule has 0 bridgehead atoms. The van der Waals surface area contributed by atoms with Gasteiger partial charge in [0.25, 0.3) is 0 Å². The van der Waals surface area contributed by atoms with Crippen LogP contribution in [0.3, 0.4) is 0 Å². The van der Waals surface area contributed by atoms with Gasteiger partial charge in [0, 0.05) is 29.4 Å². The van der Waals surface area contributed by atoms with Crippen molar-refractivity contribution in [2.75, 3.05) is 0 Å². The zero-order chi connectivity index (χ0) is 12.5. The van der Waals surface area contributed by atoms with Gasteiger partial charge in [-0.1, -0.05) is 18.2 Å². The molecule has 18 heavy (non-hydrogen) atoms. The molecule has 0 N–H and O–H groups in total. The number of fused-ring (bicyclic) bond motifs is 1. The minimum Gasteiger partial charge on any atom is -0.270 e. The van der Waals surface area contributed by atoms with Gasteiger partial charge in [0.05, 0.1) is 11.7 Å². The summed E-state index contributed by atoms with van der Waals surface area (Å²) in [4.78, 5) is 4.38. The Hall–Kier alpha value is -2.16. The summed E-state index contributed by atoms with van der Waals surface area (Å²) in [5.74, 6) is 0. The molecule has 0 atom stereocenters. The molecular weight excluding hydrogens is 222 g/mol. The number of aromatic nitrogens is 3. The number of benzene rings is 1. The van der Waals surface area contributed by atoms with E-state index in [-0.39, 0.29) is 0 Å². The second-order valence-electron chi connectivity index (χ2n) is 4.71. The first-order valence-electron chi connectivity index (χ1n) is 6.13. The smallest absolute Gasteiger partial charge is 0.0708 e. The molecule has 0 radical (unpaired) electrons. The molecule has 2 aromatic heterocycles. The fourth-order valence-electron chi connectivity index (χ4n) is 2.02. The third-order valence-corrected chi connectivity index (χ3v) is 3.07. The molecule has 0 spiro atoms. The lowest BCUT2D eigenvalue weighted by Gasteiger charge is -2.03. The monoisotopic (exact) mass is 237 g/mol. The second-order valence-corrected chi connectivity index (χ2v) is 4.71. The van der Waals surface area contributed by atoms with E-state index in [4.69, 9.17) is 0 Å². The maximum absolute atomic E-state index is 4.38. The first-order chi connectivity index (χ1) is 8.74. The van der Waals surface area contributed by atoms with Crippen LogP contribution >= 0.6 is 0 Å². The normalized spacial score (nSPS) is 11.3. The summed E-state index contributed by atoms with van der Waals surface area (Å²) < 4.78 is 1.97. The van der Waals surface area contributed by atoms with Crippen LogP contribution < -0.4 is 0 Å². The molecule has 0 aliphatic carbocycles. The van der Waals surface area contributed by atoms with Gasteiger partial charge in [-0.3, -0.25) is 9.67 Å². The van der Waals surface area contributed by atoms with Crippen molar-refractivity contribution in [3.05, 3.63) is 48.9 Å². The fourth-order valence-corrected chi connectivity index (χ4v) is 2.02. The van der Waals surface area contributed by atoms with Crippen LogP contribution in [-0.4, -0.2) is 14.8 Å². The lowest BCUT2D eigenvalue weighted by atomic mass is 10.1. The number of nitrogens with zero attached hydrogens (tertiary/aromatic N) is 3. The van der Waals surface area contributed by atoms with Crippen molar-refractivity contribution in [1.82, 2.24) is 14.8 Å². The quantitative estimate of drug-likeness (QED) is 0.680. The molecule has 0 saturated carbocycles. The number of rotatable bonds is 2. The third kappa shape index (κ3) is 1.88. The van der Waals surface area contributed by atoms with Crippen LogP contribution in [0.5, 0.6) is 0 Å². The average molecular weight is 237 g/mol. The Morgan fingerprint density at radius 2 is 2.00 bits per heavy atom. The Morgan fingerprint density at radius 3 is 2.78 bits per heavy atom. The minimum absolute atomic E-state index is 0.386. The molecule has 3 rings (SSSR count). The van der Waals surface area contributed by atoms with E-state index in [0.29, 0.717) is 6.04 Å². The number of pyridine rings is 1. The van der Waals surface area contributed by atoms with E-state index in [2.05, 4.69) is 54.4 Å². The van der Waals surface area contributed by atoms with Crippen LogP contribution in [0.4, 0.5) is 0 Å². The summed E-state index contributed by atoms with van der Waals surface area (Å²) in [6.07, 6.45) is 5.81. The van der Waals surface area contributed by atoms with E-state index in [1.807, 2.05) is 23.1 Å². The van der Waals surface area contributed by atoms with Crippen LogP contribution in [0.15, 0.2) is 48.9 Å². The van der Waals surface area contributed by atoms with Gasteiger partial charge in [0.1, 0.15) is 0 Å². The Balaban J connectivity index is 2.07. The van der Waals surface area contributed by atoms with Crippen LogP contribution in [-0.2, 0) is 0 Å². The van der Waals surface area contributed by atoms with Gasteiger partial charge in [0.15, 0.2) is 0 Å². The van der Waals surface area contributed by atoms with Crippen molar-refractivity contribution in [3.8, 4) is 11.1 Å². The van der Waals surface area contributed by atoms with Crippen LogP contribution in [0, 0.1) is 0 Å². The highest BCUT2D eigenvalue weighted by atomic mass is 15.3. The Morgan fingerprint density at radius 1 is 1.11 bits per heavy atom. The summed E-state index contributed by atoms with van der Waals surface area (Å²) in [5.41, 5.74) is 3.32. The van der Waals surface area contributed by atoms with E-state index in [9.17, 15) is 0 Å². The maximum atomic E-state index is 4.38. The molecule has 90 valence electrons. The molecule has 2 heterocycles. The van der Waals surface area contributed by atoms with E-state index in [1.165, 1.54) is 0 Å². The molecule has 3 heteroatoms. The summed E-state index contributed by atoms with van der Waals surface area (Å²) in [5, 5.41) is 5.53. The molecule has 0 saturated heterocycles. The lowest BCUT2D eigenvalue weighted by Crippen LogP contribution is -1.99. The summed E-state index contributed by atoms with van der Waals surface area (Å²) in [6, 6.07) is 10.7. The van der Waals surface area contributed by atoms with E-state index >= 15 is 0 Å². The zero-order valence-corrected chi connectivity index (χ0v) is 10.5. The molecule has 1 aromatic carbocycles. The van der Waals surface area contributed by atoms with Crippen LogP contribution in [0.25, 0.3) is 22.0 Å². The highest BCUT2D eigenvalue weighted by Crippen LogP contribution is 2.23. The van der Waals surface area contributed by atoms with E-state index in [0.717, 1.165) is 22.0 Å². The van der Waals surface area contributed by atoms with Crippen molar-refractivity contribution in [2.24, 2.45) is 0 Å². The number of hydrogen-bond donors (Lipinski definition) is 0. The van der Waals surface area contributed by atoms with Crippen LogP contribution in [0.2, 0.25) is 0 Å². The van der Waals surface area contributed by atoms with Crippen molar-refractivity contribution in [1.29, 1.82) is 0 Å². The molecule has 3 aromatic rings. The molecule has 0 aliphatic rings. The average Bonchev–Trinajstić information content (AvgIpc) is 2.88. The topological polar surface area (TPSA) is 30.7 Å². The zero-order valence-electron chi connectivity index (χ0n) is 10.5. The molecule has 0 amide bonds. The Labute approximate surface area is 106 Å². The first kappa shape index (κ1) is 11.0. The van der Waals surface area contributed by atoms with Gasteiger partial charge < -0.3 is 0 Å². The maximum Gasteiger partial charge on any atom is 0.0708 e. The SMILES string of the molecule is CC(C)n1cc(-c2ccc3cccnc3c2)cn1. The van der Waals surface area contributed by atoms with Crippen molar-refractivity contribution in [2.45, 2.75) is 19.9 Å². The Kier molecular flexibility index (Phi) is 2.59. The van der Waals surface area contributed by atoms with Gasteiger partial charge >= 0.3 is 0 Å². The first-order valence-corrected chi connectivity index (χ1v) is 6.13. The van der Waals surface area contributed by atoms with Crippen molar-refractivity contribution in [3.63, 3.8) is 0 Å². The Bertz CT molecular complexity index is 683. The van der Waals surface area contributed by atoms with Gasteiger partial charge in [-0.15, -0.1) is 0 Å². The van der Waals surface area contributed by atoms with Crippen LogP contribution in [0.1, 0.15) is 19.9 Å². The van der Waals surface area contributed by atoms with Crippen molar-refractivity contribution < 1.29 is 0 Å². The summed E-state index contributed by atoms with van der Waals surface area (Å²) in [6.45, 7) is 4.25. The summed E-state index contributed by atoms with van der Waals surface area (Å²) >= 11 is 0. The molecular formula is C15H15N3. The second kappa shape index (κ2) is 4.26. The highest BCUT2D eigenvalue weighted by Gasteiger charge is 2.05. The minimum atomic E-state index is 0.386. The highest BCUT2D eigenvalue weighted by molar-refractivity contribution is 5.83. The van der Waals surface area contributed by atoms with Gasteiger partial charge in [-0.2, -0.15) is 5.10 Å². The molecule has 0 fully saturated rings. The lowest BCUT2D eigenvalue weighted by molar-refractivity contribution is 0.532. The standard InChI is InChI=1S/C15H15N3/c1-11(2)18-10-14(9-17-18)13-6-5-12-4-3-7-16-15(12)8-13/h3-11H,1-2H3. The van der Waals surface area contributed by atoms with Gasteiger partial charge in [-0.25, -0.2) is 0 Å². The fraction of sp³-hybridized carbons (Fsp3) is 0.200. The third-order valence-electron chi connectivity index (χ3n) is 3.07. The number of hydrogen-bond acceptors (Lipinski definition) is 2. The van der Waals surface area contributed by atoms with E-state index in [1.54, 1.807) is 0 Å². The summed E-state index contributed by atoms with van der Waals surface area (Å²) in [7, 11) is 0. The molecule has 3 nitrogen and oxygen atoms in total. The van der Waals surface area contributed by atoms with Crippen molar-refractivity contribution >= 4 is 10.9 Å². The van der Waals surface area contributed by atoms with Gasteiger partial charge in [-0.05, 0) is 31.5 Å². The molecule has 0 aliphatic heterocycles. The molecule has 0 unspecified atom stereocenters. The predicted octanol–water partition coefficient (Wildman–Crippen LogP) is 3.68.